The zero-order valence-electron chi connectivity index (χ0n) is 18.1. The number of hydrogen-bond acceptors (Lipinski definition) is 5. The summed E-state index contributed by atoms with van der Waals surface area (Å²) in [7, 11) is 0. The third kappa shape index (κ3) is 5.79. The van der Waals surface area contributed by atoms with Crippen LogP contribution in [0.1, 0.15) is 16.7 Å². The summed E-state index contributed by atoms with van der Waals surface area (Å²) in [4.78, 5) is 24.6. The lowest BCUT2D eigenvalue weighted by Gasteiger charge is -2.14. The number of carboxylic acid groups (broad SMARTS) is 1. The minimum atomic E-state index is -1.14. The molecule has 1 aliphatic heterocycles. The van der Waals surface area contributed by atoms with Gasteiger partial charge in [0.05, 0.1) is 0 Å². The summed E-state index contributed by atoms with van der Waals surface area (Å²) in [5, 5.41) is 11.8. The van der Waals surface area contributed by atoms with Crippen LogP contribution in [-0.2, 0) is 22.8 Å². The summed E-state index contributed by atoms with van der Waals surface area (Å²) in [5.74, 6) is -0.556. The third-order valence-electron chi connectivity index (χ3n) is 5.01. The van der Waals surface area contributed by atoms with Crippen LogP contribution in [0.25, 0.3) is 6.08 Å². The van der Waals surface area contributed by atoms with Gasteiger partial charge >= 0.3 is 5.97 Å². The van der Waals surface area contributed by atoms with Crippen LogP contribution in [0.4, 0.5) is 0 Å². The molecule has 172 valence electrons. The van der Waals surface area contributed by atoms with Gasteiger partial charge < -0.3 is 19.9 Å². The summed E-state index contributed by atoms with van der Waals surface area (Å²) < 4.78 is 12.1. The van der Waals surface area contributed by atoms with Gasteiger partial charge in [-0.1, -0.05) is 66.7 Å². The second-order valence-corrected chi connectivity index (χ2v) is 7.91. The van der Waals surface area contributed by atoms with Crippen LogP contribution >= 0.6 is 12.2 Å². The average molecular weight is 475 g/mol. The van der Waals surface area contributed by atoms with Crippen molar-refractivity contribution in [2.75, 3.05) is 6.54 Å². The van der Waals surface area contributed by atoms with Crippen LogP contribution in [-0.4, -0.2) is 33.5 Å². The number of amides is 1. The number of carbonyl (C=O) groups is 2. The first-order valence-electron chi connectivity index (χ1n) is 10.5. The fourth-order valence-electron chi connectivity index (χ4n) is 3.33. The number of hydrogen-bond donors (Lipinski definition) is 2. The van der Waals surface area contributed by atoms with Gasteiger partial charge in [0, 0.05) is 0 Å². The number of carboxylic acids is 1. The third-order valence-corrected chi connectivity index (χ3v) is 5.33. The molecule has 0 aromatic heterocycles. The van der Waals surface area contributed by atoms with Crippen LogP contribution in [0.2, 0.25) is 0 Å². The summed E-state index contributed by atoms with van der Waals surface area (Å²) >= 11 is 5.10. The lowest BCUT2D eigenvalue weighted by atomic mass is 10.1. The normalized spacial score (nSPS) is 14.2. The molecule has 0 spiro atoms. The average Bonchev–Trinajstić information content (AvgIpc) is 3.10. The summed E-state index contributed by atoms with van der Waals surface area (Å²) in [6, 6.07) is 24.9. The zero-order chi connectivity index (χ0) is 23.9. The second kappa shape index (κ2) is 10.6. The van der Waals surface area contributed by atoms with Crippen LogP contribution in [0.3, 0.4) is 0 Å². The fraction of sp³-hybridized carbons (Fsp3) is 0.115. The van der Waals surface area contributed by atoms with Crippen LogP contribution in [0.15, 0.2) is 84.6 Å². The van der Waals surface area contributed by atoms with Crippen LogP contribution in [0, 0.1) is 0 Å². The Hall–Kier alpha value is -4.17. The van der Waals surface area contributed by atoms with E-state index < -0.39 is 18.4 Å². The van der Waals surface area contributed by atoms with E-state index in [0.717, 1.165) is 16.0 Å². The van der Waals surface area contributed by atoms with Gasteiger partial charge in [0.2, 0.25) is 0 Å². The molecule has 0 bridgehead atoms. The quantitative estimate of drug-likeness (QED) is 0.358. The first-order valence-corrected chi connectivity index (χ1v) is 10.9. The molecule has 0 atom stereocenters. The number of aliphatic carboxylic acids is 1. The molecule has 0 saturated carbocycles. The smallest absolute Gasteiger partial charge is 0.323 e. The lowest BCUT2D eigenvalue weighted by Crippen LogP contribution is -2.35. The van der Waals surface area contributed by atoms with Crippen LogP contribution in [0.5, 0.6) is 11.5 Å². The molecule has 1 fully saturated rings. The van der Waals surface area contributed by atoms with Gasteiger partial charge in [-0.3, -0.25) is 14.5 Å². The molecule has 1 aliphatic rings. The minimum absolute atomic E-state index is 0.0574. The monoisotopic (exact) mass is 474 g/mol. The summed E-state index contributed by atoms with van der Waals surface area (Å²) in [5.41, 5.74) is 2.89. The van der Waals surface area contributed by atoms with E-state index in [1.54, 1.807) is 24.3 Å². The van der Waals surface area contributed by atoms with E-state index in [-0.39, 0.29) is 10.8 Å². The maximum atomic E-state index is 12.6. The highest BCUT2D eigenvalue weighted by Crippen LogP contribution is 2.31. The largest absolute Gasteiger partial charge is 0.485 e. The molecular formula is C26H22N2O5S. The SMILES string of the molecule is O=C(O)CN1C(=O)C(=Cc2ccc(OCc3ccccc3)c(OCc3ccccc3)c2)NC1=S. The molecule has 7 nitrogen and oxygen atoms in total. The Balaban J connectivity index is 1.57. The van der Waals surface area contributed by atoms with Crippen molar-refractivity contribution in [3.05, 3.63) is 101 Å². The molecule has 3 aromatic rings. The number of carbonyl (C=O) groups excluding carboxylic acids is 1. The lowest BCUT2D eigenvalue weighted by molar-refractivity contribution is -0.140. The number of nitrogens with zero attached hydrogens (tertiary/aromatic N) is 1. The van der Waals surface area contributed by atoms with Gasteiger partial charge in [-0.05, 0) is 47.1 Å². The first-order chi connectivity index (χ1) is 16.5. The van der Waals surface area contributed by atoms with Gasteiger partial charge in [-0.2, -0.15) is 0 Å². The fourth-order valence-corrected chi connectivity index (χ4v) is 3.59. The Labute approximate surface area is 202 Å². The van der Waals surface area contributed by atoms with E-state index >= 15 is 0 Å². The number of rotatable bonds is 9. The van der Waals surface area contributed by atoms with Gasteiger partial charge in [0.25, 0.3) is 5.91 Å². The van der Waals surface area contributed by atoms with E-state index in [9.17, 15) is 9.59 Å². The molecular weight excluding hydrogens is 452 g/mol. The molecule has 8 heteroatoms. The Morgan fingerprint density at radius 1 is 0.912 bits per heavy atom. The molecule has 2 N–H and O–H groups in total. The number of nitrogens with one attached hydrogen (secondary N) is 1. The second-order valence-electron chi connectivity index (χ2n) is 7.53. The van der Waals surface area contributed by atoms with Crippen molar-refractivity contribution in [1.82, 2.24) is 10.2 Å². The van der Waals surface area contributed by atoms with E-state index in [4.69, 9.17) is 26.8 Å². The first kappa shape index (κ1) is 23.0. The molecule has 34 heavy (non-hydrogen) atoms. The minimum Gasteiger partial charge on any atom is -0.485 e. The van der Waals surface area contributed by atoms with Gasteiger partial charge in [-0.15, -0.1) is 0 Å². The maximum Gasteiger partial charge on any atom is 0.323 e. The molecule has 0 radical (unpaired) electrons. The van der Waals surface area contributed by atoms with Crippen LogP contribution < -0.4 is 14.8 Å². The van der Waals surface area contributed by atoms with E-state index in [2.05, 4.69) is 5.32 Å². The number of benzene rings is 3. The highest BCUT2D eigenvalue weighted by Gasteiger charge is 2.32. The van der Waals surface area contributed by atoms with Crippen molar-refractivity contribution in [1.29, 1.82) is 0 Å². The molecule has 1 heterocycles. The zero-order valence-corrected chi connectivity index (χ0v) is 19.0. The molecule has 4 rings (SSSR count). The molecule has 0 aliphatic carbocycles. The van der Waals surface area contributed by atoms with E-state index in [0.29, 0.717) is 30.3 Å². The highest BCUT2D eigenvalue weighted by atomic mass is 32.1. The standard InChI is InChI=1S/C26H22N2O5S/c29-24(30)15-28-25(31)21(27-26(28)34)13-20-11-12-22(32-16-18-7-3-1-4-8-18)23(14-20)33-17-19-9-5-2-6-10-19/h1-14H,15-17H2,(H,27,34)(H,29,30). The Morgan fingerprint density at radius 3 is 2.09 bits per heavy atom. The van der Waals surface area contributed by atoms with Crippen molar-refractivity contribution in [3.8, 4) is 11.5 Å². The van der Waals surface area contributed by atoms with E-state index in [1.165, 1.54) is 0 Å². The molecule has 3 aromatic carbocycles. The summed E-state index contributed by atoms with van der Waals surface area (Å²) in [6.07, 6.45) is 1.60. The number of thiocarbonyl (C=S) groups is 1. The topological polar surface area (TPSA) is 88.1 Å². The Kier molecular flexibility index (Phi) is 7.19. The molecule has 0 unspecified atom stereocenters. The van der Waals surface area contributed by atoms with Crippen molar-refractivity contribution in [2.45, 2.75) is 13.2 Å². The molecule has 1 amide bonds. The molecule has 1 saturated heterocycles. The van der Waals surface area contributed by atoms with Gasteiger partial charge in [0.1, 0.15) is 25.5 Å². The predicted molar refractivity (Wildman–Crippen MR) is 131 cm³/mol. The maximum absolute atomic E-state index is 12.6. The predicted octanol–water partition coefficient (Wildman–Crippen LogP) is 3.99. The van der Waals surface area contributed by atoms with Crippen molar-refractivity contribution in [2.24, 2.45) is 0 Å². The van der Waals surface area contributed by atoms with Crippen molar-refractivity contribution in [3.63, 3.8) is 0 Å². The van der Waals surface area contributed by atoms with Gasteiger partial charge in [0.15, 0.2) is 16.6 Å². The van der Waals surface area contributed by atoms with Gasteiger partial charge in [-0.25, -0.2) is 0 Å². The number of ether oxygens (including phenoxy) is 2. The Bertz CT molecular complexity index is 1230. The highest BCUT2D eigenvalue weighted by molar-refractivity contribution is 7.80. The van der Waals surface area contributed by atoms with Crippen molar-refractivity contribution < 1.29 is 24.2 Å². The van der Waals surface area contributed by atoms with E-state index in [1.807, 2.05) is 60.7 Å². The Morgan fingerprint density at radius 2 is 1.50 bits per heavy atom. The van der Waals surface area contributed by atoms with Crippen molar-refractivity contribution >= 4 is 35.3 Å². The summed E-state index contributed by atoms with van der Waals surface area (Å²) in [6.45, 7) is 0.220.